The minimum atomic E-state index is 0.649. The highest BCUT2D eigenvalue weighted by Gasteiger charge is 2.00. The van der Waals surface area contributed by atoms with Crippen LogP contribution in [0.3, 0.4) is 0 Å². The van der Waals surface area contributed by atoms with Crippen LogP contribution in [0, 0.1) is 5.92 Å². The van der Waals surface area contributed by atoms with Gasteiger partial charge >= 0.3 is 0 Å². The molecular formula is C13H21NO. The Hall–Kier alpha value is -1.02. The number of hydrogen-bond acceptors (Lipinski definition) is 2. The molecule has 0 aliphatic rings. The minimum Gasteiger partial charge on any atom is -0.399 e. The largest absolute Gasteiger partial charge is 0.399 e. The van der Waals surface area contributed by atoms with Gasteiger partial charge in [-0.1, -0.05) is 32.4 Å². The first-order valence-electron chi connectivity index (χ1n) is 5.64. The molecule has 1 unspecified atom stereocenters. The number of rotatable bonds is 6. The molecule has 1 atom stereocenters. The van der Waals surface area contributed by atoms with Crippen LogP contribution in [0.25, 0.3) is 0 Å². The normalized spacial score (nSPS) is 12.7. The number of benzene rings is 1. The van der Waals surface area contributed by atoms with Gasteiger partial charge in [0.25, 0.3) is 0 Å². The lowest BCUT2D eigenvalue weighted by molar-refractivity contribution is 0.0894. The molecule has 2 N–H and O–H groups in total. The van der Waals surface area contributed by atoms with Crippen LogP contribution in [0.4, 0.5) is 5.69 Å². The molecule has 0 amide bonds. The second kappa shape index (κ2) is 6.46. The topological polar surface area (TPSA) is 35.2 Å². The van der Waals surface area contributed by atoms with Crippen molar-refractivity contribution in [2.45, 2.75) is 33.3 Å². The fraction of sp³-hybridized carbons (Fsp3) is 0.538. The summed E-state index contributed by atoms with van der Waals surface area (Å²) in [7, 11) is 0. The Morgan fingerprint density at radius 3 is 2.87 bits per heavy atom. The van der Waals surface area contributed by atoms with Crippen LogP contribution in [0.2, 0.25) is 0 Å². The summed E-state index contributed by atoms with van der Waals surface area (Å²) in [4.78, 5) is 0. The van der Waals surface area contributed by atoms with Crippen molar-refractivity contribution in [3.63, 3.8) is 0 Å². The van der Waals surface area contributed by atoms with Gasteiger partial charge in [-0.25, -0.2) is 0 Å². The van der Waals surface area contributed by atoms with Gasteiger partial charge in [-0.3, -0.25) is 0 Å². The summed E-state index contributed by atoms with van der Waals surface area (Å²) in [5.41, 5.74) is 7.64. The molecule has 0 aliphatic heterocycles. The Morgan fingerprint density at radius 1 is 1.40 bits per heavy atom. The van der Waals surface area contributed by atoms with E-state index in [4.69, 9.17) is 10.5 Å². The predicted molar refractivity (Wildman–Crippen MR) is 64.6 cm³/mol. The van der Waals surface area contributed by atoms with Crippen molar-refractivity contribution in [2.24, 2.45) is 5.92 Å². The van der Waals surface area contributed by atoms with E-state index in [1.807, 2.05) is 24.3 Å². The van der Waals surface area contributed by atoms with Gasteiger partial charge in [0, 0.05) is 12.3 Å². The molecule has 2 heteroatoms. The number of nitrogens with two attached hydrogens (primary N) is 1. The predicted octanol–water partition coefficient (Wildman–Crippen LogP) is 3.22. The van der Waals surface area contributed by atoms with Crippen molar-refractivity contribution in [2.75, 3.05) is 12.3 Å². The molecule has 1 rings (SSSR count). The zero-order chi connectivity index (χ0) is 11.1. The van der Waals surface area contributed by atoms with Gasteiger partial charge in [-0.05, 0) is 30.0 Å². The SMILES string of the molecule is CCCC(C)COCc1cccc(N)c1. The molecule has 84 valence electrons. The highest BCUT2D eigenvalue weighted by atomic mass is 16.5. The third kappa shape index (κ3) is 4.84. The first kappa shape index (κ1) is 12.1. The highest BCUT2D eigenvalue weighted by molar-refractivity contribution is 5.40. The maximum atomic E-state index is 5.68. The van der Waals surface area contributed by atoms with Crippen LogP contribution >= 0.6 is 0 Å². The summed E-state index contributed by atoms with van der Waals surface area (Å²) < 4.78 is 5.63. The van der Waals surface area contributed by atoms with Gasteiger partial charge in [0.1, 0.15) is 0 Å². The Morgan fingerprint density at radius 2 is 2.20 bits per heavy atom. The number of nitrogen functional groups attached to an aromatic ring is 1. The Kier molecular flexibility index (Phi) is 5.19. The average Bonchev–Trinajstić information content (AvgIpc) is 2.18. The number of ether oxygens (including phenoxy) is 1. The molecule has 0 fully saturated rings. The van der Waals surface area contributed by atoms with E-state index in [9.17, 15) is 0 Å². The fourth-order valence-corrected chi connectivity index (χ4v) is 1.64. The molecule has 0 spiro atoms. The van der Waals surface area contributed by atoms with E-state index in [-0.39, 0.29) is 0 Å². The van der Waals surface area contributed by atoms with E-state index in [2.05, 4.69) is 13.8 Å². The summed E-state index contributed by atoms with van der Waals surface area (Å²) >= 11 is 0. The molecule has 0 saturated heterocycles. The summed E-state index contributed by atoms with van der Waals surface area (Å²) in [6, 6.07) is 7.86. The third-order valence-electron chi connectivity index (χ3n) is 2.40. The van der Waals surface area contributed by atoms with E-state index in [0.717, 1.165) is 17.9 Å². The van der Waals surface area contributed by atoms with Crippen molar-refractivity contribution in [1.29, 1.82) is 0 Å². The van der Waals surface area contributed by atoms with E-state index in [1.165, 1.54) is 12.8 Å². The Balaban J connectivity index is 2.25. The lowest BCUT2D eigenvalue weighted by Gasteiger charge is -2.10. The molecule has 0 radical (unpaired) electrons. The highest BCUT2D eigenvalue weighted by Crippen LogP contribution is 2.10. The van der Waals surface area contributed by atoms with Crippen molar-refractivity contribution in [3.05, 3.63) is 29.8 Å². The summed E-state index contributed by atoms with van der Waals surface area (Å²) in [5, 5.41) is 0. The monoisotopic (exact) mass is 207 g/mol. The first-order chi connectivity index (χ1) is 7.22. The Labute approximate surface area is 92.4 Å². The van der Waals surface area contributed by atoms with Crippen molar-refractivity contribution >= 4 is 5.69 Å². The van der Waals surface area contributed by atoms with Crippen LogP contribution < -0.4 is 5.73 Å². The molecule has 0 bridgehead atoms. The van der Waals surface area contributed by atoms with Crippen LogP contribution in [0.15, 0.2) is 24.3 Å². The zero-order valence-electron chi connectivity index (χ0n) is 9.70. The first-order valence-corrected chi connectivity index (χ1v) is 5.64. The van der Waals surface area contributed by atoms with Crippen molar-refractivity contribution in [3.8, 4) is 0 Å². The molecule has 0 aromatic heterocycles. The smallest absolute Gasteiger partial charge is 0.0717 e. The minimum absolute atomic E-state index is 0.649. The second-order valence-electron chi connectivity index (χ2n) is 4.15. The standard InChI is InChI=1S/C13H21NO/c1-3-5-11(2)9-15-10-12-6-4-7-13(14)8-12/h4,6-8,11H,3,5,9-10,14H2,1-2H3. The van der Waals surface area contributed by atoms with E-state index in [1.54, 1.807) is 0 Å². The molecule has 0 aliphatic carbocycles. The molecule has 2 nitrogen and oxygen atoms in total. The second-order valence-corrected chi connectivity index (χ2v) is 4.15. The number of hydrogen-bond donors (Lipinski definition) is 1. The van der Waals surface area contributed by atoms with Gasteiger partial charge in [0.05, 0.1) is 6.61 Å². The number of anilines is 1. The van der Waals surface area contributed by atoms with Gasteiger partial charge in [-0.2, -0.15) is 0 Å². The van der Waals surface area contributed by atoms with Gasteiger partial charge in [0.2, 0.25) is 0 Å². The van der Waals surface area contributed by atoms with Gasteiger partial charge in [-0.15, -0.1) is 0 Å². The zero-order valence-corrected chi connectivity index (χ0v) is 9.70. The van der Waals surface area contributed by atoms with Gasteiger partial charge in [0.15, 0.2) is 0 Å². The van der Waals surface area contributed by atoms with Gasteiger partial charge < -0.3 is 10.5 Å². The van der Waals surface area contributed by atoms with Crippen molar-refractivity contribution < 1.29 is 4.74 Å². The maximum Gasteiger partial charge on any atom is 0.0717 e. The lowest BCUT2D eigenvalue weighted by Crippen LogP contribution is -2.05. The molecule has 0 heterocycles. The van der Waals surface area contributed by atoms with Crippen molar-refractivity contribution in [1.82, 2.24) is 0 Å². The maximum absolute atomic E-state index is 5.68. The quantitative estimate of drug-likeness (QED) is 0.727. The molecule has 15 heavy (non-hydrogen) atoms. The van der Waals surface area contributed by atoms with Crippen LogP contribution in [-0.4, -0.2) is 6.61 Å². The fourth-order valence-electron chi connectivity index (χ4n) is 1.64. The summed E-state index contributed by atoms with van der Waals surface area (Å²) in [6.45, 7) is 5.93. The lowest BCUT2D eigenvalue weighted by atomic mass is 10.1. The summed E-state index contributed by atoms with van der Waals surface area (Å²) in [6.07, 6.45) is 2.46. The van der Waals surface area contributed by atoms with Crippen LogP contribution in [-0.2, 0) is 11.3 Å². The molecular weight excluding hydrogens is 186 g/mol. The molecule has 1 aromatic rings. The Bertz CT molecular complexity index is 286. The van der Waals surface area contributed by atoms with E-state index < -0.39 is 0 Å². The average molecular weight is 207 g/mol. The summed E-state index contributed by atoms with van der Waals surface area (Å²) in [5.74, 6) is 0.649. The van der Waals surface area contributed by atoms with Crippen LogP contribution in [0.1, 0.15) is 32.3 Å². The van der Waals surface area contributed by atoms with E-state index >= 15 is 0 Å². The molecule has 0 saturated carbocycles. The van der Waals surface area contributed by atoms with Crippen LogP contribution in [0.5, 0.6) is 0 Å². The third-order valence-corrected chi connectivity index (χ3v) is 2.40. The molecule has 1 aromatic carbocycles. The van der Waals surface area contributed by atoms with E-state index in [0.29, 0.717) is 12.5 Å².